The highest BCUT2D eigenvalue weighted by Gasteiger charge is 2.39. The molecule has 0 fully saturated rings. The highest BCUT2D eigenvalue weighted by molar-refractivity contribution is 6.18. The molecule has 0 saturated heterocycles. The van der Waals surface area contributed by atoms with E-state index in [1.165, 1.54) is 16.7 Å². The Morgan fingerprint density at radius 2 is 2.19 bits per heavy atom. The predicted molar refractivity (Wildman–Crippen MR) is 85.9 cm³/mol. The van der Waals surface area contributed by atoms with Crippen LogP contribution in [0.15, 0.2) is 18.2 Å². The first-order valence-electron chi connectivity index (χ1n) is 7.53. The number of phenols is 1. The zero-order valence-corrected chi connectivity index (χ0v) is 13.1. The van der Waals surface area contributed by atoms with Gasteiger partial charge in [-0.1, -0.05) is 26.0 Å². The summed E-state index contributed by atoms with van der Waals surface area (Å²) < 4.78 is 5.90. The first-order valence-corrected chi connectivity index (χ1v) is 8.07. The first kappa shape index (κ1) is 13.3. The normalized spacial score (nSPS) is 22.1. The van der Waals surface area contributed by atoms with Crippen LogP contribution in [0.25, 0.3) is 10.8 Å². The molecule has 1 aliphatic carbocycles. The van der Waals surface area contributed by atoms with E-state index in [1.54, 1.807) is 0 Å². The molecule has 1 atom stereocenters. The molecule has 0 amide bonds. The number of ether oxygens (including phenoxy) is 1. The minimum Gasteiger partial charge on any atom is -0.507 e. The Hall–Kier alpha value is -1.41. The minimum atomic E-state index is 0.0435. The number of phenolic OH excluding ortho intramolecular Hbond substituents is 1. The van der Waals surface area contributed by atoms with Gasteiger partial charge >= 0.3 is 0 Å². The molecule has 1 heterocycles. The van der Waals surface area contributed by atoms with Gasteiger partial charge in [0.1, 0.15) is 11.5 Å². The van der Waals surface area contributed by atoms with Crippen molar-refractivity contribution >= 4 is 22.4 Å². The van der Waals surface area contributed by atoms with Crippen LogP contribution in [-0.4, -0.2) is 17.6 Å². The molecule has 1 N–H and O–H groups in total. The van der Waals surface area contributed by atoms with E-state index >= 15 is 0 Å². The maximum Gasteiger partial charge on any atom is 0.130 e. The number of fused-ring (bicyclic) bond motifs is 5. The van der Waals surface area contributed by atoms with Crippen LogP contribution in [0.3, 0.4) is 0 Å². The fraction of sp³-hybridized carbons (Fsp3) is 0.444. The monoisotopic (exact) mass is 302 g/mol. The Balaban J connectivity index is 2.16. The summed E-state index contributed by atoms with van der Waals surface area (Å²) in [6.45, 7) is 5.19. The van der Waals surface area contributed by atoms with Crippen molar-refractivity contribution in [2.75, 3.05) is 12.5 Å². The second-order valence-electron chi connectivity index (χ2n) is 6.87. The largest absolute Gasteiger partial charge is 0.507 e. The molecule has 0 aromatic heterocycles. The zero-order valence-electron chi connectivity index (χ0n) is 12.4. The summed E-state index contributed by atoms with van der Waals surface area (Å²) in [5, 5.41) is 12.5. The van der Waals surface area contributed by atoms with E-state index in [2.05, 4.69) is 19.9 Å². The van der Waals surface area contributed by atoms with Gasteiger partial charge in [-0.25, -0.2) is 0 Å². The highest BCUT2D eigenvalue weighted by atomic mass is 35.5. The maximum atomic E-state index is 10.5. The Labute approximate surface area is 129 Å². The number of hydrogen-bond donors (Lipinski definition) is 1. The average Bonchev–Trinajstić information content (AvgIpc) is 3.01. The molecule has 0 bridgehead atoms. The average molecular weight is 303 g/mol. The lowest BCUT2D eigenvalue weighted by Crippen LogP contribution is -2.12. The summed E-state index contributed by atoms with van der Waals surface area (Å²) in [4.78, 5) is 0. The van der Waals surface area contributed by atoms with Crippen molar-refractivity contribution in [3.8, 4) is 11.5 Å². The lowest BCUT2D eigenvalue weighted by atomic mass is 9.85. The van der Waals surface area contributed by atoms with Crippen molar-refractivity contribution in [1.29, 1.82) is 0 Å². The van der Waals surface area contributed by atoms with Gasteiger partial charge in [0.15, 0.2) is 0 Å². The molecule has 2 nitrogen and oxygen atoms in total. The van der Waals surface area contributed by atoms with E-state index in [1.807, 2.05) is 12.1 Å². The molecule has 2 aromatic carbocycles. The van der Waals surface area contributed by atoms with Crippen LogP contribution in [-0.2, 0) is 11.8 Å². The van der Waals surface area contributed by atoms with Crippen molar-refractivity contribution in [3.63, 3.8) is 0 Å². The lowest BCUT2D eigenvalue weighted by Gasteiger charge is -2.20. The number of halogens is 1. The minimum absolute atomic E-state index is 0.0435. The molecule has 0 spiro atoms. The van der Waals surface area contributed by atoms with Gasteiger partial charge in [0.25, 0.3) is 0 Å². The Morgan fingerprint density at radius 3 is 2.95 bits per heavy atom. The third-order valence-corrected chi connectivity index (χ3v) is 5.43. The third-order valence-electron chi connectivity index (χ3n) is 5.05. The number of hydrogen-bond acceptors (Lipinski definition) is 2. The summed E-state index contributed by atoms with van der Waals surface area (Å²) in [5.74, 6) is 2.26. The molecule has 4 rings (SSSR count). The smallest absolute Gasteiger partial charge is 0.130 e. The Bertz CT molecular complexity index is 749. The van der Waals surface area contributed by atoms with E-state index in [-0.39, 0.29) is 5.41 Å². The van der Waals surface area contributed by atoms with Crippen LogP contribution in [0.1, 0.15) is 42.9 Å². The van der Waals surface area contributed by atoms with E-state index in [4.69, 9.17) is 16.3 Å². The van der Waals surface area contributed by atoms with Crippen LogP contribution < -0.4 is 4.74 Å². The Kier molecular flexibility index (Phi) is 2.71. The maximum absolute atomic E-state index is 10.5. The van der Waals surface area contributed by atoms with Gasteiger partial charge in [-0.15, -0.1) is 11.6 Å². The summed E-state index contributed by atoms with van der Waals surface area (Å²) in [6.07, 6.45) is 1.97. The molecule has 2 aromatic rings. The second kappa shape index (κ2) is 4.30. The van der Waals surface area contributed by atoms with Crippen LogP contribution in [0, 0.1) is 0 Å². The third kappa shape index (κ3) is 1.72. The van der Waals surface area contributed by atoms with Crippen molar-refractivity contribution in [2.24, 2.45) is 0 Å². The number of rotatable bonds is 1. The SMILES string of the molecule is CC1(C)CC(CCl)c2c1cc(O)c1ccc3c(c21)OCC3. The molecule has 0 radical (unpaired) electrons. The van der Waals surface area contributed by atoms with E-state index in [0.29, 0.717) is 17.5 Å². The number of alkyl halides is 1. The van der Waals surface area contributed by atoms with Crippen LogP contribution >= 0.6 is 11.6 Å². The van der Waals surface area contributed by atoms with E-state index in [9.17, 15) is 5.11 Å². The standard InChI is InChI=1S/C18H19ClO2/c1-18(2)8-11(9-19)15-13(18)7-14(20)12-4-3-10-5-6-21-17(10)16(12)15/h3-4,7,11,20H,5-6,8-9H2,1-2H3. The molecule has 2 aliphatic rings. The summed E-state index contributed by atoms with van der Waals surface area (Å²) >= 11 is 6.25. The Morgan fingerprint density at radius 1 is 1.38 bits per heavy atom. The van der Waals surface area contributed by atoms with Crippen LogP contribution in [0.5, 0.6) is 11.5 Å². The van der Waals surface area contributed by atoms with Crippen LogP contribution in [0.4, 0.5) is 0 Å². The first-order chi connectivity index (χ1) is 10.0. The molecule has 0 saturated carbocycles. The topological polar surface area (TPSA) is 29.5 Å². The second-order valence-corrected chi connectivity index (χ2v) is 7.18. The van der Waals surface area contributed by atoms with Crippen molar-refractivity contribution in [3.05, 3.63) is 34.9 Å². The van der Waals surface area contributed by atoms with E-state index < -0.39 is 0 Å². The van der Waals surface area contributed by atoms with Crippen molar-refractivity contribution in [2.45, 2.75) is 38.0 Å². The quantitative estimate of drug-likeness (QED) is 0.787. The molecule has 21 heavy (non-hydrogen) atoms. The van der Waals surface area contributed by atoms with Gasteiger partial charge in [-0.3, -0.25) is 0 Å². The van der Waals surface area contributed by atoms with E-state index in [0.717, 1.165) is 36.0 Å². The zero-order chi connectivity index (χ0) is 14.8. The molecule has 1 aliphatic heterocycles. The van der Waals surface area contributed by atoms with Gasteiger partial charge in [0.2, 0.25) is 0 Å². The van der Waals surface area contributed by atoms with Gasteiger partial charge in [-0.05, 0) is 40.5 Å². The summed E-state index contributed by atoms with van der Waals surface area (Å²) in [7, 11) is 0. The summed E-state index contributed by atoms with van der Waals surface area (Å²) in [5.41, 5.74) is 3.80. The molecule has 1 unspecified atom stereocenters. The lowest BCUT2D eigenvalue weighted by molar-refractivity contribution is 0.360. The number of aromatic hydroxyl groups is 1. The van der Waals surface area contributed by atoms with Crippen molar-refractivity contribution in [1.82, 2.24) is 0 Å². The predicted octanol–water partition coefficient (Wildman–Crippen LogP) is 4.48. The van der Waals surface area contributed by atoms with Gasteiger partial charge in [-0.2, -0.15) is 0 Å². The summed E-state index contributed by atoms with van der Waals surface area (Å²) in [6, 6.07) is 6.03. The van der Waals surface area contributed by atoms with Gasteiger partial charge in [0, 0.05) is 23.1 Å². The molecule has 110 valence electrons. The fourth-order valence-corrected chi connectivity index (χ4v) is 4.37. The molecular weight excluding hydrogens is 284 g/mol. The fourth-order valence-electron chi connectivity index (χ4n) is 4.10. The number of benzene rings is 2. The highest BCUT2D eigenvalue weighted by Crippen LogP contribution is 2.53. The van der Waals surface area contributed by atoms with Gasteiger partial charge < -0.3 is 9.84 Å². The van der Waals surface area contributed by atoms with Gasteiger partial charge in [0.05, 0.1) is 6.61 Å². The molecule has 3 heteroatoms. The van der Waals surface area contributed by atoms with Crippen LogP contribution in [0.2, 0.25) is 0 Å². The van der Waals surface area contributed by atoms with Crippen molar-refractivity contribution < 1.29 is 9.84 Å². The molecular formula is C18H19ClO2.